The van der Waals surface area contributed by atoms with E-state index in [-0.39, 0.29) is 11.8 Å². The van der Waals surface area contributed by atoms with E-state index < -0.39 is 10.0 Å². The van der Waals surface area contributed by atoms with E-state index in [2.05, 4.69) is 12.1 Å². The van der Waals surface area contributed by atoms with E-state index in [4.69, 9.17) is 9.97 Å². The lowest BCUT2D eigenvalue weighted by molar-refractivity contribution is -0.118. The van der Waals surface area contributed by atoms with Crippen LogP contribution in [0.3, 0.4) is 0 Å². The second kappa shape index (κ2) is 8.43. The van der Waals surface area contributed by atoms with Crippen molar-refractivity contribution in [2.75, 3.05) is 30.8 Å². The zero-order valence-corrected chi connectivity index (χ0v) is 18.4. The molecule has 4 rings (SSSR count). The molecule has 1 fully saturated rings. The third-order valence-electron chi connectivity index (χ3n) is 6.04. The average Bonchev–Trinajstić information content (AvgIpc) is 2.73. The molecular weight excluding hydrogens is 400 g/mol. The molecule has 1 saturated heterocycles. The van der Waals surface area contributed by atoms with Crippen molar-refractivity contribution in [3.8, 4) is 0 Å². The van der Waals surface area contributed by atoms with E-state index in [9.17, 15) is 13.2 Å². The normalized spacial score (nSPS) is 20.3. The summed E-state index contributed by atoms with van der Waals surface area (Å²) in [6.07, 6.45) is 4.77. The van der Waals surface area contributed by atoms with Crippen LogP contribution in [-0.4, -0.2) is 54.5 Å². The van der Waals surface area contributed by atoms with Gasteiger partial charge in [-0.1, -0.05) is 30.3 Å². The quantitative estimate of drug-likeness (QED) is 0.730. The minimum atomic E-state index is -3.24. The minimum Gasteiger partial charge on any atom is -0.296 e. The number of nitrogens with zero attached hydrogens (tertiary/aromatic N) is 4. The molecule has 1 atom stereocenters. The molecule has 2 aliphatic rings. The highest BCUT2D eigenvalue weighted by Crippen LogP contribution is 2.32. The lowest BCUT2D eigenvalue weighted by Crippen LogP contribution is -2.40. The van der Waals surface area contributed by atoms with Crippen LogP contribution in [-0.2, 0) is 27.7 Å². The maximum atomic E-state index is 12.7. The summed E-state index contributed by atoms with van der Waals surface area (Å²) in [4.78, 5) is 24.1. The molecule has 1 amide bonds. The number of hydrogen-bond donors (Lipinski definition) is 0. The molecule has 2 aromatic rings. The SMILES string of the molecule is Cc1nc([C@@H]2CCCN(S(C)(=O)=O)C2)nc2c1CCC(=O)N2CCc1ccccc1. The molecule has 160 valence electrons. The van der Waals surface area contributed by atoms with Crippen molar-refractivity contribution >= 4 is 21.7 Å². The molecule has 0 spiro atoms. The molecule has 7 nitrogen and oxygen atoms in total. The molecule has 1 aromatic carbocycles. The monoisotopic (exact) mass is 428 g/mol. The first kappa shape index (κ1) is 20.9. The number of benzene rings is 1. The van der Waals surface area contributed by atoms with Gasteiger partial charge in [0.05, 0.1) is 6.26 Å². The Kier molecular flexibility index (Phi) is 5.88. The van der Waals surface area contributed by atoms with Crippen molar-refractivity contribution in [1.29, 1.82) is 0 Å². The maximum absolute atomic E-state index is 12.7. The number of aryl methyl sites for hydroxylation is 1. The molecule has 0 saturated carbocycles. The van der Waals surface area contributed by atoms with Crippen LogP contribution in [0.25, 0.3) is 0 Å². The minimum absolute atomic E-state index is 0.0505. The van der Waals surface area contributed by atoms with Gasteiger partial charge in [0.2, 0.25) is 15.9 Å². The van der Waals surface area contributed by atoms with Crippen LogP contribution < -0.4 is 4.90 Å². The molecule has 0 unspecified atom stereocenters. The summed E-state index contributed by atoms with van der Waals surface area (Å²) in [5, 5.41) is 0. The average molecular weight is 429 g/mol. The number of carbonyl (C=O) groups is 1. The van der Waals surface area contributed by atoms with Crippen LogP contribution in [0.15, 0.2) is 30.3 Å². The number of amides is 1. The Balaban J connectivity index is 1.62. The van der Waals surface area contributed by atoms with Crippen molar-refractivity contribution < 1.29 is 13.2 Å². The topological polar surface area (TPSA) is 83.5 Å². The largest absolute Gasteiger partial charge is 0.296 e. The third-order valence-corrected chi connectivity index (χ3v) is 7.31. The van der Waals surface area contributed by atoms with Crippen LogP contribution in [0.4, 0.5) is 5.82 Å². The van der Waals surface area contributed by atoms with Crippen molar-refractivity contribution in [1.82, 2.24) is 14.3 Å². The molecule has 0 N–H and O–H groups in total. The molecule has 30 heavy (non-hydrogen) atoms. The van der Waals surface area contributed by atoms with Crippen molar-refractivity contribution in [2.45, 2.75) is 44.9 Å². The standard InChI is InChI=1S/C22H28N4O3S/c1-16-19-10-11-20(27)26(14-12-17-7-4-3-5-8-17)22(19)24-21(23-16)18-9-6-13-25(15-18)30(2,28)29/h3-5,7-8,18H,6,9-15H2,1-2H3/t18-/m1/s1. The van der Waals surface area contributed by atoms with Crippen LogP contribution in [0.2, 0.25) is 0 Å². The van der Waals surface area contributed by atoms with Gasteiger partial charge >= 0.3 is 0 Å². The van der Waals surface area contributed by atoms with Gasteiger partial charge in [-0.2, -0.15) is 0 Å². The Labute approximate surface area is 178 Å². The molecule has 8 heteroatoms. The number of aromatic nitrogens is 2. The number of piperidine rings is 1. The predicted molar refractivity (Wildman–Crippen MR) is 116 cm³/mol. The zero-order chi connectivity index (χ0) is 21.3. The van der Waals surface area contributed by atoms with Crippen molar-refractivity contribution in [3.05, 3.63) is 53.0 Å². The zero-order valence-electron chi connectivity index (χ0n) is 17.5. The fraction of sp³-hybridized carbons (Fsp3) is 0.500. The molecule has 1 aromatic heterocycles. The Morgan fingerprint density at radius 2 is 1.90 bits per heavy atom. The van der Waals surface area contributed by atoms with Gasteiger partial charge in [-0.3, -0.25) is 9.69 Å². The van der Waals surface area contributed by atoms with Crippen molar-refractivity contribution in [2.24, 2.45) is 0 Å². The molecule has 0 radical (unpaired) electrons. The highest BCUT2D eigenvalue weighted by atomic mass is 32.2. The fourth-order valence-electron chi connectivity index (χ4n) is 4.36. The summed E-state index contributed by atoms with van der Waals surface area (Å²) < 4.78 is 25.5. The van der Waals surface area contributed by atoms with E-state index in [1.54, 1.807) is 4.90 Å². The summed E-state index contributed by atoms with van der Waals surface area (Å²) in [5.74, 6) is 1.40. The van der Waals surface area contributed by atoms with Gasteiger partial charge in [0.15, 0.2) is 0 Å². The molecule has 0 bridgehead atoms. The highest BCUT2D eigenvalue weighted by Gasteiger charge is 2.32. The van der Waals surface area contributed by atoms with Crippen LogP contribution in [0.5, 0.6) is 0 Å². The van der Waals surface area contributed by atoms with E-state index in [1.807, 2.05) is 25.1 Å². The molecular formula is C22H28N4O3S. The van der Waals surface area contributed by atoms with Gasteiger partial charge in [-0.25, -0.2) is 22.7 Å². The summed E-state index contributed by atoms with van der Waals surface area (Å²) in [7, 11) is -3.24. The van der Waals surface area contributed by atoms with Crippen LogP contribution in [0.1, 0.15) is 47.8 Å². The van der Waals surface area contributed by atoms with Gasteiger partial charge in [0.25, 0.3) is 0 Å². The third kappa shape index (κ3) is 4.39. The molecule has 3 heterocycles. The fourth-order valence-corrected chi connectivity index (χ4v) is 5.27. The Morgan fingerprint density at radius 3 is 2.63 bits per heavy atom. The first-order valence-corrected chi connectivity index (χ1v) is 12.3. The second-order valence-electron chi connectivity index (χ2n) is 8.21. The lowest BCUT2D eigenvalue weighted by Gasteiger charge is -2.33. The first-order valence-electron chi connectivity index (χ1n) is 10.5. The van der Waals surface area contributed by atoms with Crippen LogP contribution >= 0.6 is 0 Å². The summed E-state index contributed by atoms with van der Waals surface area (Å²) in [5.41, 5.74) is 3.10. The van der Waals surface area contributed by atoms with Crippen LogP contribution in [0, 0.1) is 6.92 Å². The van der Waals surface area contributed by atoms with Gasteiger partial charge in [0.1, 0.15) is 11.6 Å². The second-order valence-corrected chi connectivity index (χ2v) is 10.2. The number of fused-ring (bicyclic) bond motifs is 1. The number of hydrogen-bond acceptors (Lipinski definition) is 5. The number of rotatable bonds is 5. The first-order chi connectivity index (χ1) is 14.3. The van der Waals surface area contributed by atoms with E-state index in [0.29, 0.717) is 44.1 Å². The van der Waals surface area contributed by atoms with E-state index >= 15 is 0 Å². The number of carbonyl (C=O) groups excluding carboxylic acids is 1. The van der Waals surface area contributed by atoms with Gasteiger partial charge in [-0.05, 0) is 38.2 Å². The number of anilines is 1. The Hall–Kier alpha value is -2.32. The molecule has 2 aliphatic heterocycles. The summed E-state index contributed by atoms with van der Waals surface area (Å²) in [6.45, 7) is 3.48. The Morgan fingerprint density at radius 1 is 1.13 bits per heavy atom. The summed E-state index contributed by atoms with van der Waals surface area (Å²) in [6, 6.07) is 10.1. The molecule has 0 aliphatic carbocycles. The lowest BCUT2D eigenvalue weighted by atomic mass is 9.97. The van der Waals surface area contributed by atoms with E-state index in [0.717, 1.165) is 30.5 Å². The van der Waals surface area contributed by atoms with Gasteiger partial charge in [0, 0.05) is 43.2 Å². The Bertz CT molecular complexity index is 1040. The van der Waals surface area contributed by atoms with Gasteiger partial charge < -0.3 is 0 Å². The predicted octanol–water partition coefficient (Wildman–Crippen LogP) is 2.45. The van der Waals surface area contributed by atoms with E-state index in [1.165, 1.54) is 16.1 Å². The van der Waals surface area contributed by atoms with Crippen molar-refractivity contribution in [3.63, 3.8) is 0 Å². The smallest absolute Gasteiger partial charge is 0.228 e. The highest BCUT2D eigenvalue weighted by molar-refractivity contribution is 7.88. The summed E-state index contributed by atoms with van der Waals surface area (Å²) >= 11 is 0. The van der Waals surface area contributed by atoms with Gasteiger partial charge in [-0.15, -0.1) is 0 Å². The number of sulfonamides is 1. The maximum Gasteiger partial charge on any atom is 0.228 e.